The Morgan fingerprint density at radius 1 is 0.531 bits per heavy atom. The van der Waals surface area contributed by atoms with Gasteiger partial charge in [-0.15, -0.1) is 0 Å². The first-order valence-electron chi connectivity index (χ1n) is 11.7. The zero-order chi connectivity index (χ0) is 21.1. The van der Waals surface area contributed by atoms with Crippen molar-refractivity contribution in [3.8, 4) is 0 Å². The molecule has 1 fully saturated rings. The summed E-state index contributed by atoms with van der Waals surface area (Å²) in [7, 11) is 0. The first-order chi connectivity index (χ1) is 15.8. The van der Waals surface area contributed by atoms with Crippen molar-refractivity contribution in [1.29, 1.82) is 0 Å². The molecule has 0 aromatic heterocycles. The van der Waals surface area contributed by atoms with Crippen LogP contribution in [0.2, 0.25) is 0 Å². The Hall–Kier alpha value is -3.45. The molecule has 1 nitrogen and oxygen atoms in total. The van der Waals surface area contributed by atoms with Crippen LogP contribution < -0.4 is 0 Å². The summed E-state index contributed by atoms with van der Waals surface area (Å²) < 4.78 is 0. The predicted molar refractivity (Wildman–Crippen MR) is 125 cm³/mol. The molecule has 0 amide bonds. The van der Waals surface area contributed by atoms with E-state index in [1.807, 2.05) is 0 Å². The van der Waals surface area contributed by atoms with Crippen molar-refractivity contribution in [2.24, 2.45) is 0 Å². The largest absolute Gasteiger partial charge is 0.298 e. The van der Waals surface area contributed by atoms with Crippen molar-refractivity contribution in [2.75, 3.05) is 0 Å². The normalized spacial score (nSPS) is 29.9. The van der Waals surface area contributed by atoms with E-state index in [2.05, 4.69) is 97.1 Å². The first-order valence-corrected chi connectivity index (χ1v) is 11.7. The lowest BCUT2D eigenvalue weighted by Crippen LogP contribution is -2.58. The van der Waals surface area contributed by atoms with E-state index < -0.39 is 5.41 Å². The Balaban J connectivity index is 1.71. The van der Waals surface area contributed by atoms with Crippen molar-refractivity contribution in [3.05, 3.63) is 142 Å². The van der Waals surface area contributed by atoms with Crippen LogP contribution in [0.3, 0.4) is 0 Å². The van der Waals surface area contributed by atoms with Crippen LogP contribution in [0.5, 0.6) is 0 Å². The molecule has 0 atom stereocenters. The number of benzene rings is 4. The minimum Gasteiger partial charge on any atom is -0.298 e. The highest BCUT2D eigenvalue weighted by atomic mass is 16.1. The smallest absolute Gasteiger partial charge is 0.149 e. The van der Waals surface area contributed by atoms with Crippen LogP contribution in [0.4, 0.5) is 0 Å². The van der Waals surface area contributed by atoms with Gasteiger partial charge in [0.2, 0.25) is 0 Å². The molecule has 152 valence electrons. The molecule has 0 saturated heterocycles. The highest BCUT2D eigenvalue weighted by Gasteiger charge is 2.70. The highest BCUT2D eigenvalue weighted by Crippen LogP contribution is 2.72. The average Bonchev–Trinajstić information content (AvgIpc) is 3.12. The number of hydrogen-bond donors (Lipinski definition) is 0. The molecule has 0 unspecified atom stereocenters. The summed E-state index contributed by atoms with van der Waals surface area (Å²) in [6, 6.07) is 35.7. The Kier molecular flexibility index (Phi) is 2.93. The van der Waals surface area contributed by atoms with Crippen molar-refractivity contribution in [1.82, 2.24) is 0 Å². The topological polar surface area (TPSA) is 17.1 Å². The van der Waals surface area contributed by atoms with Crippen molar-refractivity contribution >= 4 is 5.78 Å². The summed E-state index contributed by atoms with van der Waals surface area (Å²) in [4.78, 5) is 14.4. The fraction of sp³-hybridized carbons (Fsp3) is 0.194. The maximum absolute atomic E-state index is 14.4. The summed E-state index contributed by atoms with van der Waals surface area (Å²) in [5.74, 6) is 0.840. The van der Waals surface area contributed by atoms with Crippen LogP contribution in [0.1, 0.15) is 69.2 Å². The molecule has 0 radical (unpaired) electrons. The van der Waals surface area contributed by atoms with Gasteiger partial charge in [0.1, 0.15) is 5.78 Å². The first kappa shape index (κ1) is 17.1. The number of Topliss-reactive ketones (excluding diaryl/α,β-unsaturated/α-hetero) is 1. The fourth-order valence-corrected chi connectivity index (χ4v) is 8.22. The van der Waals surface area contributed by atoms with Gasteiger partial charge in [-0.3, -0.25) is 4.79 Å². The minimum absolute atomic E-state index is 0.210. The van der Waals surface area contributed by atoms with Crippen LogP contribution >= 0.6 is 0 Å². The van der Waals surface area contributed by atoms with Crippen LogP contribution in [0.15, 0.2) is 97.1 Å². The van der Waals surface area contributed by atoms with E-state index in [4.69, 9.17) is 0 Å². The summed E-state index contributed by atoms with van der Waals surface area (Å²) in [5.41, 5.74) is 9.74. The van der Waals surface area contributed by atoms with Crippen molar-refractivity contribution in [3.63, 3.8) is 0 Å². The van der Waals surface area contributed by atoms with Crippen LogP contribution in [-0.4, -0.2) is 5.78 Å². The Morgan fingerprint density at radius 2 is 0.906 bits per heavy atom. The maximum atomic E-state index is 14.4. The molecule has 32 heavy (non-hydrogen) atoms. The van der Waals surface area contributed by atoms with Gasteiger partial charge in [-0.05, 0) is 50.9 Å². The third kappa shape index (κ3) is 1.56. The van der Waals surface area contributed by atoms with E-state index >= 15 is 0 Å². The minimum atomic E-state index is -0.672. The quantitative estimate of drug-likeness (QED) is 0.336. The summed E-state index contributed by atoms with van der Waals surface area (Å²) >= 11 is 0. The second kappa shape index (κ2) is 5.48. The number of rotatable bonds is 0. The summed E-state index contributed by atoms with van der Waals surface area (Å²) in [5, 5.41) is 0. The standard InChI is InChI=1S/C31H22O/c32-27-17-18-30-23-13-5-1-9-19(23)28(20-10-2-6-14-24(20)30)29-21-11-3-7-15-25(21)31(27,30)26-16-8-4-12-22(26)29/h1-16,28-29H,17-18H2. The molecule has 1 saturated carbocycles. The SMILES string of the molecule is O=C1CCC23c4ccccc4C(c4ccccc42)C2c4ccccc4C13c1ccccc12. The van der Waals surface area contributed by atoms with Gasteiger partial charge in [0.25, 0.3) is 0 Å². The fourth-order valence-electron chi connectivity index (χ4n) is 8.22. The van der Waals surface area contributed by atoms with Gasteiger partial charge < -0.3 is 0 Å². The molecule has 4 bridgehead atoms. The highest BCUT2D eigenvalue weighted by molar-refractivity contribution is 6.03. The Bertz CT molecular complexity index is 1380. The Labute approximate surface area is 187 Å². The van der Waals surface area contributed by atoms with E-state index in [1.165, 1.54) is 44.5 Å². The lowest BCUT2D eigenvalue weighted by Gasteiger charge is -2.59. The lowest BCUT2D eigenvalue weighted by molar-refractivity contribution is -0.121. The molecule has 4 aromatic carbocycles. The average molecular weight is 411 g/mol. The molecular formula is C31H22O. The van der Waals surface area contributed by atoms with Gasteiger partial charge >= 0.3 is 0 Å². The van der Waals surface area contributed by atoms with Crippen molar-refractivity contribution in [2.45, 2.75) is 35.5 Å². The molecule has 0 heterocycles. The van der Waals surface area contributed by atoms with Crippen molar-refractivity contribution < 1.29 is 4.79 Å². The second-order valence-electron chi connectivity index (χ2n) is 9.88. The Morgan fingerprint density at radius 3 is 1.38 bits per heavy atom. The van der Waals surface area contributed by atoms with Gasteiger partial charge in [-0.2, -0.15) is 0 Å². The van der Waals surface area contributed by atoms with Crippen LogP contribution in [0.25, 0.3) is 0 Å². The van der Waals surface area contributed by atoms with Gasteiger partial charge in [0, 0.05) is 23.7 Å². The number of carbonyl (C=O) groups is 1. The molecule has 1 heteroatoms. The number of ketones is 1. The zero-order valence-corrected chi connectivity index (χ0v) is 17.7. The molecule has 11 rings (SSSR count). The maximum Gasteiger partial charge on any atom is 0.149 e. The third-order valence-corrected chi connectivity index (χ3v) is 9.03. The zero-order valence-electron chi connectivity index (χ0n) is 17.7. The van der Waals surface area contributed by atoms with Crippen LogP contribution in [-0.2, 0) is 15.6 Å². The molecule has 0 N–H and O–H groups in total. The lowest BCUT2D eigenvalue weighted by atomic mass is 9.42. The van der Waals surface area contributed by atoms with E-state index in [0.717, 1.165) is 6.42 Å². The van der Waals surface area contributed by atoms with E-state index in [-0.39, 0.29) is 17.3 Å². The molecule has 2 spiro atoms. The second-order valence-corrected chi connectivity index (χ2v) is 9.88. The monoisotopic (exact) mass is 410 g/mol. The van der Waals surface area contributed by atoms with E-state index in [9.17, 15) is 4.79 Å². The summed E-state index contributed by atoms with van der Waals surface area (Å²) in [6.07, 6.45) is 1.47. The van der Waals surface area contributed by atoms with E-state index in [0.29, 0.717) is 12.2 Å². The molecule has 7 aliphatic carbocycles. The predicted octanol–water partition coefficient (Wildman–Crippen LogP) is 6.23. The van der Waals surface area contributed by atoms with Gasteiger partial charge in [0.05, 0.1) is 5.41 Å². The molecule has 0 aliphatic heterocycles. The third-order valence-electron chi connectivity index (χ3n) is 9.03. The van der Waals surface area contributed by atoms with Gasteiger partial charge in [0.15, 0.2) is 0 Å². The number of carbonyl (C=O) groups excluding carboxylic acids is 1. The van der Waals surface area contributed by atoms with E-state index in [1.54, 1.807) is 0 Å². The number of hydrogen-bond acceptors (Lipinski definition) is 1. The molecule has 7 aliphatic rings. The van der Waals surface area contributed by atoms with Crippen LogP contribution in [0, 0.1) is 0 Å². The summed E-state index contributed by atoms with van der Waals surface area (Å²) in [6.45, 7) is 0. The van der Waals surface area contributed by atoms with Gasteiger partial charge in [-0.1, -0.05) is 97.1 Å². The molecule has 4 aromatic rings. The van der Waals surface area contributed by atoms with Gasteiger partial charge in [-0.25, -0.2) is 0 Å². The molecular weight excluding hydrogens is 388 g/mol.